The van der Waals surface area contributed by atoms with Gasteiger partial charge in [0.25, 0.3) is 0 Å². The zero-order valence-electron chi connectivity index (χ0n) is 7.84. The number of carboxylic acid groups (broad SMARTS) is 1. The highest BCUT2D eigenvalue weighted by Gasteiger charge is 2.12. The van der Waals surface area contributed by atoms with Gasteiger partial charge in [-0.05, 0) is 24.3 Å². The first-order valence-electron chi connectivity index (χ1n) is 4.13. The van der Waals surface area contributed by atoms with Gasteiger partial charge in [-0.15, -0.1) is 0 Å². The number of nitrogens with zero attached hydrogens (tertiary/aromatic N) is 1. The summed E-state index contributed by atoms with van der Waals surface area (Å²) in [6.07, 6.45) is 0. The summed E-state index contributed by atoms with van der Waals surface area (Å²) in [6.45, 7) is -0.389. The van der Waals surface area contributed by atoms with Gasteiger partial charge in [-0.25, -0.2) is 0 Å². The molecule has 0 fully saturated rings. The van der Waals surface area contributed by atoms with E-state index in [1.54, 1.807) is 0 Å². The molecule has 80 valence electrons. The Labute approximate surface area is 86.1 Å². The minimum Gasteiger partial charge on any atom is -0.508 e. The van der Waals surface area contributed by atoms with Crippen LogP contribution in [0.3, 0.4) is 0 Å². The van der Waals surface area contributed by atoms with Gasteiger partial charge < -0.3 is 20.8 Å². The predicted octanol–water partition coefficient (Wildman–Crippen LogP) is 0.177. The van der Waals surface area contributed by atoms with Gasteiger partial charge in [0, 0.05) is 5.69 Å². The van der Waals surface area contributed by atoms with Gasteiger partial charge in [0.1, 0.15) is 12.3 Å². The highest BCUT2D eigenvalue weighted by atomic mass is 16.4. The number of anilines is 1. The Morgan fingerprint density at radius 3 is 2.33 bits per heavy atom. The van der Waals surface area contributed by atoms with Crippen LogP contribution in [-0.4, -0.2) is 28.7 Å². The molecule has 0 amide bonds. The van der Waals surface area contributed by atoms with Crippen LogP contribution in [0, 0.1) is 5.41 Å². The Bertz CT molecular complexity index is 375. The lowest BCUT2D eigenvalue weighted by Gasteiger charge is -2.20. The number of guanidine groups is 1. The van der Waals surface area contributed by atoms with Gasteiger partial charge in [-0.2, -0.15) is 0 Å². The molecule has 15 heavy (non-hydrogen) atoms. The van der Waals surface area contributed by atoms with Gasteiger partial charge in [0.05, 0.1) is 0 Å². The summed E-state index contributed by atoms with van der Waals surface area (Å²) in [5.41, 5.74) is 5.69. The van der Waals surface area contributed by atoms with Crippen LogP contribution in [0.4, 0.5) is 5.69 Å². The third kappa shape index (κ3) is 2.87. The molecule has 0 saturated carbocycles. The molecule has 0 spiro atoms. The molecule has 0 saturated heterocycles. The van der Waals surface area contributed by atoms with E-state index in [1.165, 1.54) is 24.3 Å². The number of rotatable bonds is 3. The van der Waals surface area contributed by atoms with E-state index in [1.807, 2.05) is 0 Å². The molecule has 0 aliphatic rings. The fourth-order valence-electron chi connectivity index (χ4n) is 1.08. The second kappa shape index (κ2) is 4.32. The number of nitrogens with one attached hydrogen (secondary N) is 1. The fraction of sp³-hybridized carbons (Fsp3) is 0.111. The number of carbonyl (C=O) groups is 1. The summed E-state index contributed by atoms with van der Waals surface area (Å²) >= 11 is 0. The van der Waals surface area contributed by atoms with Gasteiger partial charge in [-0.1, -0.05) is 0 Å². The Balaban J connectivity index is 2.94. The molecule has 0 atom stereocenters. The summed E-state index contributed by atoms with van der Waals surface area (Å²) in [5, 5.41) is 24.9. The molecule has 0 heterocycles. The quantitative estimate of drug-likeness (QED) is 0.419. The van der Waals surface area contributed by atoms with Gasteiger partial charge in [0.2, 0.25) is 0 Å². The van der Waals surface area contributed by atoms with Crippen LogP contribution in [0.5, 0.6) is 5.75 Å². The number of aromatic hydroxyl groups is 1. The molecule has 0 bridgehead atoms. The van der Waals surface area contributed by atoms with Gasteiger partial charge in [-0.3, -0.25) is 10.2 Å². The molecule has 1 aromatic rings. The lowest BCUT2D eigenvalue weighted by atomic mass is 10.3. The molecule has 0 aliphatic carbocycles. The topological polar surface area (TPSA) is 111 Å². The molecule has 0 unspecified atom stereocenters. The molecule has 1 rings (SSSR count). The smallest absolute Gasteiger partial charge is 0.323 e. The number of carboxylic acids is 1. The van der Waals surface area contributed by atoms with E-state index in [-0.39, 0.29) is 18.3 Å². The third-order valence-electron chi connectivity index (χ3n) is 1.75. The van der Waals surface area contributed by atoms with E-state index in [2.05, 4.69) is 0 Å². The van der Waals surface area contributed by atoms with Crippen molar-refractivity contribution < 1.29 is 15.0 Å². The Morgan fingerprint density at radius 1 is 1.40 bits per heavy atom. The van der Waals surface area contributed by atoms with Crippen molar-refractivity contribution in [3.05, 3.63) is 24.3 Å². The molecular weight excluding hydrogens is 198 g/mol. The minimum absolute atomic E-state index is 0.0672. The zero-order valence-corrected chi connectivity index (χ0v) is 7.84. The number of phenolic OH excluding ortho intramolecular Hbond substituents is 1. The maximum absolute atomic E-state index is 10.5. The number of nitrogens with two attached hydrogens (primary N) is 1. The number of benzene rings is 1. The van der Waals surface area contributed by atoms with Crippen molar-refractivity contribution in [1.29, 1.82) is 5.41 Å². The lowest BCUT2D eigenvalue weighted by Crippen LogP contribution is -2.40. The van der Waals surface area contributed by atoms with E-state index >= 15 is 0 Å². The molecular formula is C9H11N3O3. The molecule has 0 aliphatic heterocycles. The molecule has 0 radical (unpaired) electrons. The maximum Gasteiger partial charge on any atom is 0.323 e. The van der Waals surface area contributed by atoms with Crippen molar-refractivity contribution in [3.63, 3.8) is 0 Å². The highest BCUT2D eigenvalue weighted by molar-refractivity contribution is 5.96. The molecule has 5 N–H and O–H groups in total. The van der Waals surface area contributed by atoms with Crippen molar-refractivity contribution in [2.24, 2.45) is 5.73 Å². The van der Waals surface area contributed by atoms with Crippen molar-refractivity contribution >= 4 is 17.6 Å². The fourth-order valence-corrected chi connectivity index (χ4v) is 1.08. The van der Waals surface area contributed by atoms with E-state index in [0.29, 0.717) is 5.69 Å². The van der Waals surface area contributed by atoms with Crippen LogP contribution < -0.4 is 10.6 Å². The van der Waals surface area contributed by atoms with Crippen molar-refractivity contribution in [1.82, 2.24) is 0 Å². The largest absolute Gasteiger partial charge is 0.508 e. The third-order valence-corrected chi connectivity index (χ3v) is 1.75. The summed E-state index contributed by atoms with van der Waals surface area (Å²) in [7, 11) is 0. The Kier molecular flexibility index (Phi) is 3.12. The van der Waals surface area contributed by atoms with Gasteiger partial charge in [0.15, 0.2) is 5.96 Å². The highest BCUT2D eigenvalue weighted by Crippen LogP contribution is 2.17. The SMILES string of the molecule is N=C(N)N(CC(=O)O)c1ccc(O)cc1. The molecule has 0 aromatic heterocycles. The number of aliphatic carboxylic acids is 1. The van der Waals surface area contributed by atoms with Crippen molar-refractivity contribution in [3.8, 4) is 5.75 Å². The number of hydrogen-bond donors (Lipinski definition) is 4. The first kappa shape index (κ1) is 10.8. The van der Waals surface area contributed by atoms with Crippen LogP contribution in [0.1, 0.15) is 0 Å². The zero-order chi connectivity index (χ0) is 11.4. The van der Waals surface area contributed by atoms with E-state index in [0.717, 1.165) is 4.90 Å². The lowest BCUT2D eigenvalue weighted by molar-refractivity contribution is -0.135. The van der Waals surface area contributed by atoms with Crippen LogP contribution in [0.2, 0.25) is 0 Å². The van der Waals surface area contributed by atoms with E-state index < -0.39 is 5.97 Å². The standard InChI is InChI=1S/C9H11N3O3/c10-9(11)12(5-8(14)15)6-1-3-7(13)4-2-6/h1-4,13H,5H2,(H3,10,11)(H,14,15). The molecule has 6 nitrogen and oxygen atoms in total. The van der Waals surface area contributed by atoms with Crippen LogP contribution >= 0.6 is 0 Å². The summed E-state index contributed by atoms with van der Waals surface area (Å²) < 4.78 is 0. The van der Waals surface area contributed by atoms with E-state index in [4.69, 9.17) is 21.4 Å². The normalized spacial score (nSPS) is 9.60. The summed E-state index contributed by atoms with van der Waals surface area (Å²) in [5.74, 6) is -1.38. The summed E-state index contributed by atoms with van der Waals surface area (Å²) in [6, 6.07) is 5.76. The predicted molar refractivity (Wildman–Crippen MR) is 55.0 cm³/mol. The first-order chi connectivity index (χ1) is 7.00. The van der Waals surface area contributed by atoms with Crippen LogP contribution in [0.15, 0.2) is 24.3 Å². The van der Waals surface area contributed by atoms with Crippen molar-refractivity contribution in [2.75, 3.05) is 11.4 Å². The number of phenols is 1. The average molecular weight is 209 g/mol. The Hall–Kier alpha value is -2.24. The minimum atomic E-state index is -1.08. The monoisotopic (exact) mass is 209 g/mol. The molecule has 6 heteroatoms. The Morgan fingerprint density at radius 2 is 1.93 bits per heavy atom. The second-order valence-corrected chi connectivity index (χ2v) is 2.88. The maximum atomic E-state index is 10.5. The van der Waals surface area contributed by atoms with Crippen LogP contribution in [0.25, 0.3) is 0 Å². The second-order valence-electron chi connectivity index (χ2n) is 2.88. The van der Waals surface area contributed by atoms with Crippen molar-refractivity contribution in [2.45, 2.75) is 0 Å². The summed E-state index contributed by atoms with van der Waals surface area (Å²) in [4.78, 5) is 11.6. The average Bonchev–Trinajstić information content (AvgIpc) is 2.15. The number of hydrogen-bond acceptors (Lipinski definition) is 3. The van der Waals surface area contributed by atoms with Crippen LogP contribution in [-0.2, 0) is 4.79 Å². The first-order valence-corrected chi connectivity index (χ1v) is 4.13. The van der Waals surface area contributed by atoms with Gasteiger partial charge >= 0.3 is 5.97 Å². The molecule has 1 aromatic carbocycles. The van der Waals surface area contributed by atoms with E-state index in [9.17, 15) is 4.79 Å².